The van der Waals surface area contributed by atoms with Gasteiger partial charge in [0.05, 0.1) is 0 Å². The Balaban J connectivity index is 1.31. The van der Waals surface area contributed by atoms with E-state index >= 15 is 0 Å². The Kier molecular flexibility index (Phi) is 5.36. The van der Waals surface area contributed by atoms with Gasteiger partial charge in [-0.1, -0.05) is 37.3 Å². The SMILES string of the molecule is CCc1ccc(C2CC(C(=O)N3CCN(c4ccccn4)CC3)NN2)cc1. The molecule has 0 aliphatic carbocycles. The number of nitrogens with one attached hydrogen (secondary N) is 2. The van der Waals surface area contributed by atoms with Gasteiger partial charge in [-0.05, 0) is 36.1 Å². The maximum atomic E-state index is 12.9. The number of hydrogen-bond donors (Lipinski definition) is 2. The molecule has 2 fully saturated rings. The average molecular weight is 365 g/mol. The highest BCUT2D eigenvalue weighted by molar-refractivity contribution is 5.82. The largest absolute Gasteiger partial charge is 0.353 e. The molecule has 2 aromatic rings. The summed E-state index contributed by atoms with van der Waals surface area (Å²) in [6.45, 7) is 5.29. The first-order valence-electron chi connectivity index (χ1n) is 9.79. The van der Waals surface area contributed by atoms with Crippen LogP contribution in [0.4, 0.5) is 5.82 Å². The maximum absolute atomic E-state index is 12.9. The molecule has 27 heavy (non-hydrogen) atoms. The number of aryl methyl sites for hydroxylation is 1. The molecule has 142 valence electrons. The van der Waals surface area contributed by atoms with Gasteiger partial charge in [-0.25, -0.2) is 15.8 Å². The van der Waals surface area contributed by atoms with Crippen LogP contribution in [0.2, 0.25) is 0 Å². The smallest absolute Gasteiger partial charge is 0.241 e. The fraction of sp³-hybridized carbons (Fsp3) is 0.429. The molecule has 6 heteroatoms. The number of hydrazine groups is 1. The lowest BCUT2D eigenvalue weighted by Gasteiger charge is -2.36. The van der Waals surface area contributed by atoms with Crippen LogP contribution in [0.25, 0.3) is 0 Å². The van der Waals surface area contributed by atoms with E-state index in [0.717, 1.165) is 44.8 Å². The fourth-order valence-electron chi connectivity index (χ4n) is 3.84. The topological polar surface area (TPSA) is 60.5 Å². The summed E-state index contributed by atoms with van der Waals surface area (Å²) in [5.41, 5.74) is 9.07. The molecule has 0 bridgehead atoms. The van der Waals surface area contributed by atoms with Gasteiger partial charge in [-0.3, -0.25) is 4.79 Å². The summed E-state index contributed by atoms with van der Waals surface area (Å²) in [4.78, 5) is 21.5. The first-order valence-corrected chi connectivity index (χ1v) is 9.79. The Morgan fingerprint density at radius 3 is 2.52 bits per heavy atom. The number of benzene rings is 1. The summed E-state index contributed by atoms with van der Waals surface area (Å²) in [6, 6.07) is 14.6. The Morgan fingerprint density at radius 2 is 1.85 bits per heavy atom. The monoisotopic (exact) mass is 365 g/mol. The highest BCUT2D eigenvalue weighted by Gasteiger charge is 2.34. The van der Waals surface area contributed by atoms with E-state index in [-0.39, 0.29) is 18.0 Å². The van der Waals surface area contributed by atoms with Gasteiger partial charge >= 0.3 is 0 Å². The molecule has 6 nitrogen and oxygen atoms in total. The molecule has 2 atom stereocenters. The lowest BCUT2D eigenvalue weighted by Crippen LogP contribution is -2.53. The first-order chi connectivity index (χ1) is 13.2. The van der Waals surface area contributed by atoms with Crippen LogP contribution in [-0.2, 0) is 11.2 Å². The molecule has 1 amide bonds. The first kappa shape index (κ1) is 17.9. The summed E-state index contributed by atoms with van der Waals surface area (Å²) in [6.07, 6.45) is 3.64. The molecule has 0 saturated carbocycles. The molecule has 2 aliphatic rings. The minimum atomic E-state index is -0.165. The minimum absolute atomic E-state index is 0.165. The third kappa shape index (κ3) is 3.96. The molecule has 1 aromatic carbocycles. The zero-order valence-corrected chi connectivity index (χ0v) is 15.8. The number of hydrogen-bond acceptors (Lipinski definition) is 5. The van der Waals surface area contributed by atoms with E-state index in [9.17, 15) is 4.79 Å². The standard InChI is InChI=1S/C21H27N5O/c1-2-16-6-8-17(9-7-16)18-15-19(24-23-18)21(27)26-13-11-25(12-14-26)20-5-3-4-10-22-20/h3-10,18-19,23-24H,2,11-15H2,1H3. The predicted octanol–water partition coefficient (Wildman–Crippen LogP) is 1.90. The third-order valence-corrected chi connectivity index (χ3v) is 5.56. The number of aromatic nitrogens is 1. The molecular weight excluding hydrogens is 338 g/mol. The van der Waals surface area contributed by atoms with Gasteiger partial charge in [-0.15, -0.1) is 0 Å². The number of anilines is 1. The van der Waals surface area contributed by atoms with E-state index in [0.29, 0.717) is 0 Å². The van der Waals surface area contributed by atoms with Crippen molar-refractivity contribution in [2.45, 2.75) is 31.8 Å². The van der Waals surface area contributed by atoms with Crippen LogP contribution in [0.15, 0.2) is 48.7 Å². The average Bonchev–Trinajstić information content (AvgIpc) is 3.24. The van der Waals surface area contributed by atoms with Crippen molar-refractivity contribution in [2.24, 2.45) is 0 Å². The van der Waals surface area contributed by atoms with E-state index in [1.54, 1.807) is 0 Å². The van der Waals surface area contributed by atoms with Crippen molar-refractivity contribution in [1.29, 1.82) is 0 Å². The van der Waals surface area contributed by atoms with Crippen molar-refractivity contribution in [3.8, 4) is 0 Å². The molecule has 0 spiro atoms. The summed E-state index contributed by atoms with van der Waals surface area (Å²) in [7, 11) is 0. The number of rotatable bonds is 4. The normalized spacial score (nSPS) is 22.9. The van der Waals surface area contributed by atoms with E-state index < -0.39 is 0 Å². The molecule has 2 N–H and O–H groups in total. The molecule has 3 heterocycles. The van der Waals surface area contributed by atoms with E-state index in [2.05, 4.69) is 51.9 Å². The van der Waals surface area contributed by atoms with E-state index in [1.165, 1.54) is 11.1 Å². The third-order valence-electron chi connectivity index (χ3n) is 5.56. The van der Waals surface area contributed by atoms with Crippen LogP contribution < -0.4 is 15.8 Å². The van der Waals surface area contributed by atoms with Gasteiger partial charge in [0.2, 0.25) is 5.91 Å². The van der Waals surface area contributed by atoms with Gasteiger partial charge in [0.15, 0.2) is 0 Å². The lowest BCUT2D eigenvalue weighted by atomic mass is 9.99. The second-order valence-electron chi connectivity index (χ2n) is 7.22. The summed E-state index contributed by atoms with van der Waals surface area (Å²) < 4.78 is 0. The Morgan fingerprint density at radius 1 is 1.07 bits per heavy atom. The lowest BCUT2D eigenvalue weighted by molar-refractivity contribution is -0.133. The van der Waals surface area contributed by atoms with Crippen LogP contribution in [0.1, 0.15) is 30.5 Å². The second kappa shape index (κ2) is 8.06. The van der Waals surface area contributed by atoms with Crippen molar-refractivity contribution in [1.82, 2.24) is 20.7 Å². The molecule has 1 aromatic heterocycles. The number of pyridine rings is 1. The molecule has 2 aliphatic heterocycles. The zero-order valence-electron chi connectivity index (χ0n) is 15.8. The van der Waals surface area contributed by atoms with Gasteiger partial charge in [0.25, 0.3) is 0 Å². The fourth-order valence-corrected chi connectivity index (χ4v) is 3.84. The van der Waals surface area contributed by atoms with Crippen molar-refractivity contribution >= 4 is 11.7 Å². The maximum Gasteiger partial charge on any atom is 0.241 e. The van der Waals surface area contributed by atoms with Gasteiger partial charge in [0, 0.05) is 38.4 Å². The van der Waals surface area contributed by atoms with Gasteiger partial charge < -0.3 is 9.80 Å². The van der Waals surface area contributed by atoms with Crippen molar-refractivity contribution in [2.75, 3.05) is 31.1 Å². The van der Waals surface area contributed by atoms with Gasteiger partial charge in [0.1, 0.15) is 11.9 Å². The molecule has 2 unspecified atom stereocenters. The highest BCUT2D eigenvalue weighted by Crippen LogP contribution is 2.24. The summed E-state index contributed by atoms with van der Waals surface area (Å²) in [5.74, 6) is 1.18. The number of carbonyl (C=O) groups excluding carboxylic acids is 1. The number of carbonyl (C=O) groups is 1. The quantitative estimate of drug-likeness (QED) is 0.867. The summed E-state index contributed by atoms with van der Waals surface area (Å²) >= 11 is 0. The van der Waals surface area contributed by atoms with Gasteiger partial charge in [-0.2, -0.15) is 0 Å². The van der Waals surface area contributed by atoms with E-state index in [1.807, 2.05) is 29.3 Å². The Bertz CT molecular complexity index is 756. The molecule has 2 saturated heterocycles. The molecule has 0 radical (unpaired) electrons. The highest BCUT2D eigenvalue weighted by atomic mass is 16.2. The van der Waals surface area contributed by atoms with Crippen molar-refractivity contribution < 1.29 is 4.79 Å². The minimum Gasteiger partial charge on any atom is -0.353 e. The van der Waals surface area contributed by atoms with Crippen LogP contribution >= 0.6 is 0 Å². The van der Waals surface area contributed by atoms with Crippen LogP contribution in [0.5, 0.6) is 0 Å². The Hall–Kier alpha value is -2.44. The number of piperazine rings is 1. The number of nitrogens with zero attached hydrogens (tertiary/aromatic N) is 3. The predicted molar refractivity (Wildman–Crippen MR) is 106 cm³/mol. The van der Waals surface area contributed by atoms with Crippen LogP contribution in [0, 0.1) is 0 Å². The zero-order chi connectivity index (χ0) is 18.6. The number of amides is 1. The Labute approximate surface area is 160 Å². The molecule has 4 rings (SSSR count). The van der Waals surface area contributed by atoms with Crippen molar-refractivity contribution in [3.63, 3.8) is 0 Å². The second-order valence-corrected chi connectivity index (χ2v) is 7.22. The molecular formula is C21H27N5O. The van der Waals surface area contributed by atoms with Crippen LogP contribution in [0.3, 0.4) is 0 Å². The van der Waals surface area contributed by atoms with E-state index in [4.69, 9.17) is 0 Å². The van der Waals surface area contributed by atoms with Crippen LogP contribution in [-0.4, -0.2) is 48.0 Å². The summed E-state index contributed by atoms with van der Waals surface area (Å²) in [5, 5.41) is 0. The van der Waals surface area contributed by atoms with Crippen molar-refractivity contribution in [3.05, 3.63) is 59.8 Å².